The van der Waals surface area contributed by atoms with Gasteiger partial charge in [0.25, 0.3) is 5.56 Å². The van der Waals surface area contributed by atoms with Gasteiger partial charge in [0.1, 0.15) is 11.6 Å². The number of thiazole rings is 1. The van der Waals surface area contributed by atoms with E-state index in [-0.39, 0.29) is 24.1 Å². The summed E-state index contributed by atoms with van der Waals surface area (Å²) >= 11 is 1.47. The van der Waals surface area contributed by atoms with Crippen LogP contribution in [0.1, 0.15) is 18.0 Å². The Hall–Kier alpha value is -2.15. The number of amides is 1. The van der Waals surface area contributed by atoms with Crippen LogP contribution < -0.4 is 16.6 Å². The summed E-state index contributed by atoms with van der Waals surface area (Å²) in [5.74, 6) is -0.254. The van der Waals surface area contributed by atoms with Crippen molar-refractivity contribution in [2.45, 2.75) is 19.5 Å². The molecule has 1 unspecified atom stereocenters. The van der Waals surface area contributed by atoms with E-state index in [1.54, 1.807) is 6.20 Å². The lowest BCUT2D eigenvalue weighted by Crippen LogP contribution is -2.33. The van der Waals surface area contributed by atoms with Gasteiger partial charge in [-0.1, -0.05) is 0 Å². The Bertz CT molecular complexity index is 621. The first-order valence-electron chi connectivity index (χ1n) is 5.71. The van der Waals surface area contributed by atoms with Gasteiger partial charge in [-0.3, -0.25) is 9.59 Å². The van der Waals surface area contributed by atoms with E-state index in [1.165, 1.54) is 34.2 Å². The van der Waals surface area contributed by atoms with E-state index >= 15 is 0 Å². The first-order chi connectivity index (χ1) is 9.06. The smallest absolute Gasteiger partial charge is 0.251 e. The average Bonchev–Trinajstić information content (AvgIpc) is 2.87. The second-order valence-corrected chi connectivity index (χ2v) is 5.01. The maximum atomic E-state index is 11.8. The van der Waals surface area contributed by atoms with Crippen molar-refractivity contribution in [3.8, 4) is 0 Å². The number of rotatable bonds is 4. The molecule has 2 aromatic heterocycles. The molecule has 0 aliphatic rings. The predicted octanol–water partition coefficient (Wildman–Crippen LogP) is 0.764. The fourth-order valence-corrected chi connectivity index (χ4v) is 2.27. The molecule has 7 heteroatoms. The third-order valence-electron chi connectivity index (χ3n) is 2.52. The molecule has 1 amide bonds. The number of carbonyl (C=O) groups is 1. The minimum absolute atomic E-state index is 0.0560. The molecule has 100 valence electrons. The van der Waals surface area contributed by atoms with Crippen molar-refractivity contribution in [3.05, 3.63) is 45.3 Å². The lowest BCUT2D eigenvalue weighted by atomic mass is 10.3. The molecule has 2 heterocycles. The van der Waals surface area contributed by atoms with Crippen LogP contribution in [0.2, 0.25) is 0 Å². The van der Waals surface area contributed by atoms with Gasteiger partial charge in [-0.05, 0) is 13.0 Å². The Balaban J connectivity index is 2.02. The lowest BCUT2D eigenvalue weighted by Gasteiger charge is -2.12. The number of hydrogen-bond donors (Lipinski definition) is 2. The second-order valence-electron chi connectivity index (χ2n) is 4.09. The highest BCUT2D eigenvalue weighted by atomic mass is 32.1. The maximum Gasteiger partial charge on any atom is 0.251 e. The Morgan fingerprint density at radius 3 is 3.05 bits per heavy atom. The van der Waals surface area contributed by atoms with E-state index in [1.807, 2.05) is 12.3 Å². The zero-order valence-electron chi connectivity index (χ0n) is 10.4. The van der Waals surface area contributed by atoms with Crippen molar-refractivity contribution >= 4 is 22.9 Å². The van der Waals surface area contributed by atoms with Crippen LogP contribution in [0, 0.1) is 0 Å². The number of nitrogens with one attached hydrogen (secondary N) is 1. The molecule has 2 aromatic rings. The molecule has 0 aliphatic heterocycles. The molecular weight excluding hydrogens is 264 g/mol. The molecule has 0 fully saturated rings. The van der Waals surface area contributed by atoms with Crippen LogP contribution in [0.15, 0.2) is 34.7 Å². The van der Waals surface area contributed by atoms with Crippen LogP contribution in [0.3, 0.4) is 0 Å². The van der Waals surface area contributed by atoms with Gasteiger partial charge in [-0.2, -0.15) is 0 Å². The van der Waals surface area contributed by atoms with Gasteiger partial charge < -0.3 is 15.6 Å². The first-order valence-corrected chi connectivity index (χ1v) is 6.59. The quantitative estimate of drug-likeness (QED) is 0.864. The summed E-state index contributed by atoms with van der Waals surface area (Å²) in [5, 5.41) is 5.46. The van der Waals surface area contributed by atoms with E-state index in [0.717, 1.165) is 5.01 Å². The van der Waals surface area contributed by atoms with Crippen molar-refractivity contribution in [2.24, 2.45) is 0 Å². The molecule has 1 atom stereocenters. The van der Waals surface area contributed by atoms with Crippen molar-refractivity contribution < 1.29 is 4.79 Å². The SMILES string of the molecule is CC(NC(=O)Cn1cc(N)ccc1=O)c1nccs1. The minimum atomic E-state index is -0.258. The third kappa shape index (κ3) is 3.41. The number of nitrogens with zero attached hydrogens (tertiary/aromatic N) is 2. The van der Waals surface area contributed by atoms with Crippen LogP contribution in [0.25, 0.3) is 0 Å². The van der Waals surface area contributed by atoms with Crippen molar-refractivity contribution in [1.29, 1.82) is 0 Å². The van der Waals surface area contributed by atoms with Gasteiger partial charge in [0, 0.05) is 29.5 Å². The molecular formula is C12H14N4O2S. The summed E-state index contributed by atoms with van der Waals surface area (Å²) in [7, 11) is 0. The number of pyridine rings is 1. The van der Waals surface area contributed by atoms with E-state index in [2.05, 4.69) is 10.3 Å². The largest absolute Gasteiger partial charge is 0.398 e. The number of hydrogen-bond acceptors (Lipinski definition) is 5. The van der Waals surface area contributed by atoms with Gasteiger partial charge in [0.05, 0.1) is 6.04 Å². The summed E-state index contributed by atoms with van der Waals surface area (Å²) in [6, 6.07) is 2.67. The van der Waals surface area contributed by atoms with Gasteiger partial charge >= 0.3 is 0 Å². The monoisotopic (exact) mass is 278 g/mol. The molecule has 6 nitrogen and oxygen atoms in total. The van der Waals surface area contributed by atoms with E-state index in [9.17, 15) is 9.59 Å². The normalized spacial score (nSPS) is 12.1. The number of nitrogen functional groups attached to an aromatic ring is 1. The summed E-state index contributed by atoms with van der Waals surface area (Å²) in [4.78, 5) is 27.5. The predicted molar refractivity (Wildman–Crippen MR) is 73.8 cm³/mol. The Kier molecular flexibility index (Phi) is 3.96. The Labute approximate surface area is 113 Å². The van der Waals surface area contributed by atoms with Crippen molar-refractivity contribution in [3.63, 3.8) is 0 Å². The van der Waals surface area contributed by atoms with E-state index in [0.29, 0.717) is 5.69 Å². The summed E-state index contributed by atoms with van der Waals surface area (Å²) in [6.45, 7) is 1.79. The van der Waals surface area contributed by atoms with E-state index < -0.39 is 0 Å². The minimum Gasteiger partial charge on any atom is -0.398 e. The van der Waals surface area contributed by atoms with Gasteiger partial charge in [0.15, 0.2) is 0 Å². The molecule has 0 saturated carbocycles. The highest BCUT2D eigenvalue weighted by Crippen LogP contribution is 2.14. The van der Waals surface area contributed by atoms with E-state index in [4.69, 9.17) is 5.73 Å². The van der Waals surface area contributed by atoms with Gasteiger partial charge in [0.2, 0.25) is 5.91 Å². The van der Waals surface area contributed by atoms with Crippen LogP contribution in [0.5, 0.6) is 0 Å². The molecule has 0 saturated heterocycles. The summed E-state index contributed by atoms with van der Waals surface area (Å²) in [6.07, 6.45) is 3.14. The van der Waals surface area contributed by atoms with Gasteiger partial charge in [-0.15, -0.1) is 11.3 Å². The van der Waals surface area contributed by atoms with Crippen LogP contribution >= 0.6 is 11.3 Å². The zero-order chi connectivity index (χ0) is 13.8. The summed E-state index contributed by atoms with van der Waals surface area (Å²) < 4.78 is 1.28. The second kappa shape index (κ2) is 5.66. The first kappa shape index (κ1) is 13.3. The van der Waals surface area contributed by atoms with Gasteiger partial charge in [-0.25, -0.2) is 4.98 Å². The Morgan fingerprint density at radius 2 is 2.37 bits per heavy atom. The standard InChI is InChI=1S/C12H14N4O2S/c1-8(12-14-4-5-19-12)15-10(17)7-16-6-9(13)2-3-11(16)18/h2-6,8H,7,13H2,1H3,(H,15,17). The molecule has 0 spiro atoms. The topological polar surface area (TPSA) is 90.0 Å². The molecule has 3 N–H and O–H groups in total. The fourth-order valence-electron chi connectivity index (χ4n) is 1.63. The molecule has 0 aromatic carbocycles. The molecule has 2 rings (SSSR count). The number of nitrogens with two attached hydrogens (primary N) is 1. The van der Waals surface area contributed by atoms with Crippen molar-refractivity contribution in [1.82, 2.24) is 14.9 Å². The highest BCUT2D eigenvalue weighted by Gasteiger charge is 2.12. The lowest BCUT2D eigenvalue weighted by molar-refractivity contribution is -0.122. The van der Waals surface area contributed by atoms with Crippen molar-refractivity contribution in [2.75, 3.05) is 5.73 Å². The Morgan fingerprint density at radius 1 is 1.58 bits per heavy atom. The molecule has 0 radical (unpaired) electrons. The zero-order valence-corrected chi connectivity index (χ0v) is 11.2. The highest BCUT2D eigenvalue weighted by molar-refractivity contribution is 7.09. The fraction of sp³-hybridized carbons (Fsp3) is 0.250. The molecule has 0 bridgehead atoms. The number of carbonyl (C=O) groups excluding carboxylic acids is 1. The molecule has 0 aliphatic carbocycles. The third-order valence-corrected chi connectivity index (χ3v) is 3.48. The summed E-state index contributed by atoms with van der Waals surface area (Å²) in [5.41, 5.74) is 5.77. The number of anilines is 1. The molecule has 19 heavy (non-hydrogen) atoms. The van der Waals surface area contributed by atoms with Crippen LogP contribution in [-0.4, -0.2) is 15.5 Å². The average molecular weight is 278 g/mol. The van der Waals surface area contributed by atoms with Crippen LogP contribution in [0.4, 0.5) is 5.69 Å². The number of aromatic nitrogens is 2. The van der Waals surface area contributed by atoms with Crippen LogP contribution in [-0.2, 0) is 11.3 Å². The maximum absolute atomic E-state index is 11.8.